The number of fused-ring (bicyclic) bond motifs is 7. The molecule has 0 N–H and O–H groups in total. The van der Waals surface area contributed by atoms with Gasteiger partial charge in [0.2, 0.25) is 5.91 Å². The lowest BCUT2D eigenvalue weighted by Crippen LogP contribution is -2.60. The van der Waals surface area contributed by atoms with Gasteiger partial charge in [-0.15, -0.1) is 0 Å². The molecule has 3 saturated carbocycles. The molecule has 6 rings (SSSR count). The molecule has 2 heterocycles. The van der Waals surface area contributed by atoms with Crippen LogP contribution in [0.5, 0.6) is 0 Å². The summed E-state index contributed by atoms with van der Waals surface area (Å²) in [4.78, 5) is 26.5. The van der Waals surface area contributed by atoms with E-state index >= 15 is 0 Å². The molecule has 5 heteroatoms. The van der Waals surface area contributed by atoms with Gasteiger partial charge in [-0.1, -0.05) is 39.3 Å². The number of hydrogen-bond donors (Lipinski definition) is 0. The third-order valence-electron chi connectivity index (χ3n) is 12.4. The Hall–Kier alpha value is -1.36. The van der Waals surface area contributed by atoms with E-state index in [4.69, 9.17) is 9.47 Å². The number of nitrogens with zero attached hydrogens (tertiary/aromatic N) is 1. The fraction of sp³-hybridized carbons (Fsp3) is 0.871. The Balaban J connectivity index is 1.26. The topological polar surface area (TPSA) is 55.8 Å². The van der Waals surface area contributed by atoms with Crippen LogP contribution in [0, 0.1) is 46.3 Å². The molecule has 1 amide bonds. The van der Waals surface area contributed by atoms with Crippen molar-refractivity contribution in [3.8, 4) is 0 Å². The molecule has 0 bridgehead atoms. The number of esters is 1. The second-order valence-electron chi connectivity index (χ2n) is 14.1. The lowest BCUT2D eigenvalue weighted by molar-refractivity contribution is -0.200. The van der Waals surface area contributed by atoms with Gasteiger partial charge < -0.3 is 14.4 Å². The first-order valence-corrected chi connectivity index (χ1v) is 14.8. The molecule has 0 radical (unpaired) electrons. The molecule has 6 aliphatic rings. The quantitative estimate of drug-likeness (QED) is 0.324. The predicted molar refractivity (Wildman–Crippen MR) is 139 cm³/mol. The van der Waals surface area contributed by atoms with Crippen molar-refractivity contribution >= 4 is 11.9 Å². The molecule has 0 unspecified atom stereocenters. The van der Waals surface area contributed by atoms with Crippen LogP contribution in [0.15, 0.2) is 11.6 Å². The molecule has 2 saturated heterocycles. The molecule has 0 aromatic rings. The van der Waals surface area contributed by atoms with Crippen LogP contribution >= 0.6 is 0 Å². The summed E-state index contributed by atoms with van der Waals surface area (Å²) in [5, 5.41) is 0. The van der Waals surface area contributed by atoms with Crippen molar-refractivity contribution in [3.63, 3.8) is 0 Å². The monoisotopic (exact) mass is 497 g/mol. The number of likely N-dealkylation sites (tertiary alicyclic amines) is 1. The zero-order valence-corrected chi connectivity index (χ0v) is 23.3. The number of piperidine rings is 1. The minimum Gasteiger partial charge on any atom is -0.462 e. The number of amides is 1. The van der Waals surface area contributed by atoms with E-state index in [1.165, 1.54) is 26.2 Å². The number of rotatable bonds is 1. The molecule has 2 aliphatic heterocycles. The highest BCUT2D eigenvalue weighted by molar-refractivity contribution is 5.74. The number of carbonyl (C=O) groups excluding carboxylic acids is 2. The lowest BCUT2D eigenvalue weighted by Gasteiger charge is -2.59. The second-order valence-corrected chi connectivity index (χ2v) is 14.1. The fourth-order valence-electron chi connectivity index (χ4n) is 10.8. The molecule has 200 valence electrons. The van der Waals surface area contributed by atoms with Gasteiger partial charge in [0.1, 0.15) is 11.8 Å². The van der Waals surface area contributed by atoms with Crippen molar-refractivity contribution in [1.82, 2.24) is 4.90 Å². The van der Waals surface area contributed by atoms with E-state index < -0.39 is 0 Å². The molecular formula is C31H47NO4. The van der Waals surface area contributed by atoms with Crippen molar-refractivity contribution in [3.05, 3.63) is 11.6 Å². The van der Waals surface area contributed by atoms with Crippen LogP contribution in [-0.4, -0.2) is 41.3 Å². The summed E-state index contributed by atoms with van der Waals surface area (Å²) in [5.41, 5.74) is 1.70. The number of ether oxygens (including phenoxy) is 2. The molecule has 36 heavy (non-hydrogen) atoms. The van der Waals surface area contributed by atoms with Crippen molar-refractivity contribution in [2.24, 2.45) is 46.3 Å². The maximum atomic E-state index is 12.8. The highest BCUT2D eigenvalue weighted by atomic mass is 16.5. The highest BCUT2D eigenvalue weighted by Gasteiger charge is 2.69. The molecule has 5 nitrogen and oxygen atoms in total. The Morgan fingerprint density at radius 1 is 1.06 bits per heavy atom. The third kappa shape index (κ3) is 3.36. The van der Waals surface area contributed by atoms with Crippen LogP contribution in [0.1, 0.15) is 99.3 Å². The van der Waals surface area contributed by atoms with Gasteiger partial charge in [0.05, 0.1) is 6.10 Å². The van der Waals surface area contributed by atoms with Crippen molar-refractivity contribution < 1.29 is 19.1 Å². The second kappa shape index (κ2) is 8.32. The minimum atomic E-state index is -0.390. The van der Waals surface area contributed by atoms with Crippen molar-refractivity contribution in [2.75, 3.05) is 6.54 Å². The number of hydrogen-bond acceptors (Lipinski definition) is 4. The molecular weight excluding hydrogens is 450 g/mol. The van der Waals surface area contributed by atoms with Crippen LogP contribution < -0.4 is 0 Å². The Kier molecular flexibility index (Phi) is 5.76. The van der Waals surface area contributed by atoms with E-state index in [2.05, 4.69) is 38.7 Å². The normalized spacial score (nSPS) is 51.6. The highest BCUT2D eigenvalue weighted by Crippen LogP contribution is 2.70. The van der Waals surface area contributed by atoms with Crippen LogP contribution in [0.25, 0.3) is 0 Å². The largest absolute Gasteiger partial charge is 0.462 e. The van der Waals surface area contributed by atoms with E-state index in [-0.39, 0.29) is 40.6 Å². The SMILES string of the molecule is CC(=O)O[C@H]1CC[C@@]2(C)C(=CC[C@@H]3[C@H]4C[C@H]5O[C@]6(CC[C@H](C)CN6C(C)=O)[C@H](C)[C@H]5[C@@]4(C)CC[C@H]32)C1. The van der Waals surface area contributed by atoms with Gasteiger partial charge in [-0.3, -0.25) is 9.59 Å². The van der Waals surface area contributed by atoms with Crippen LogP contribution in [0.3, 0.4) is 0 Å². The molecule has 11 atom stereocenters. The molecule has 5 fully saturated rings. The molecule has 1 spiro atoms. The summed E-state index contributed by atoms with van der Waals surface area (Å²) in [7, 11) is 0. The Morgan fingerprint density at radius 2 is 1.83 bits per heavy atom. The zero-order chi connectivity index (χ0) is 25.6. The van der Waals surface area contributed by atoms with E-state index in [0.717, 1.165) is 56.9 Å². The summed E-state index contributed by atoms with van der Waals surface area (Å²) in [6.07, 6.45) is 13.0. The first kappa shape index (κ1) is 24.9. The van der Waals surface area contributed by atoms with Gasteiger partial charge >= 0.3 is 5.97 Å². The van der Waals surface area contributed by atoms with Gasteiger partial charge in [0, 0.05) is 32.7 Å². The van der Waals surface area contributed by atoms with Gasteiger partial charge in [0.25, 0.3) is 0 Å². The Bertz CT molecular complexity index is 976. The van der Waals surface area contributed by atoms with Crippen molar-refractivity contribution in [2.45, 2.75) is 117 Å². The van der Waals surface area contributed by atoms with Crippen LogP contribution in [0.4, 0.5) is 0 Å². The van der Waals surface area contributed by atoms with E-state index in [0.29, 0.717) is 23.7 Å². The minimum absolute atomic E-state index is 0.0611. The van der Waals surface area contributed by atoms with Gasteiger partial charge in [-0.05, 0) is 91.8 Å². The summed E-state index contributed by atoms with van der Waals surface area (Å²) < 4.78 is 12.7. The zero-order valence-electron chi connectivity index (χ0n) is 23.3. The van der Waals surface area contributed by atoms with Gasteiger partial charge in [-0.25, -0.2) is 0 Å². The lowest BCUT2D eigenvalue weighted by atomic mass is 9.46. The van der Waals surface area contributed by atoms with Gasteiger partial charge in [0.15, 0.2) is 0 Å². The first-order chi connectivity index (χ1) is 17.0. The van der Waals surface area contributed by atoms with E-state index in [1.807, 2.05) is 0 Å². The fourth-order valence-corrected chi connectivity index (χ4v) is 10.8. The average molecular weight is 498 g/mol. The summed E-state index contributed by atoms with van der Waals surface area (Å²) >= 11 is 0. The third-order valence-corrected chi connectivity index (χ3v) is 12.4. The summed E-state index contributed by atoms with van der Waals surface area (Å²) in [5.74, 6) is 3.64. The number of allylic oxidation sites excluding steroid dienone is 1. The predicted octanol–water partition coefficient (Wildman–Crippen LogP) is 6.12. The van der Waals surface area contributed by atoms with Gasteiger partial charge in [-0.2, -0.15) is 0 Å². The smallest absolute Gasteiger partial charge is 0.302 e. The molecule has 0 aromatic heterocycles. The maximum Gasteiger partial charge on any atom is 0.302 e. The van der Waals surface area contributed by atoms with E-state index in [9.17, 15) is 9.59 Å². The maximum absolute atomic E-state index is 12.8. The summed E-state index contributed by atoms with van der Waals surface area (Å²) in [6.45, 7) is 13.9. The van der Waals surface area contributed by atoms with Crippen LogP contribution in [0.2, 0.25) is 0 Å². The Labute approximate surface area is 217 Å². The van der Waals surface area contributed by atoms with Crippen LogP contribution in [-0.2, 0) is 19.1 Å². The molecule has 0 aromatic carbocycles. The molecule has 4 aliphatic carbocycles. The van der Waals surface area contributed by atoms with Crippen molar-refractivity contribution in [1.29, 1.82) is 0 Å². The Morgan fingerprint density at radius 3 is 2.56 bits per heavy atom. The standard InChI is InChI=1S/C31H47NO4/c1-18-9-14-31(32(17-18)20(3)33)19(2)28-27(36-31)16-26-24-8-7-22-15-23(35-21(4)34)10-12-29(22,5)25(24)11-13-30(26,28)6/h7,18-19,23-28H,8-17H2,1-6H3/t18-,19+,23-,24-,25+,26+,27+,28+,29-,30-,31+/m0/s1. The number of carbonyl (C=O) groups is 2. The first-order valence-electron chi connectivity index (χ1n) is 14.8. The average Bonchev–Trinajstić information content (AvgIpc) is 3.26. The van der Waals surface area contributed by atoms with E-state index in [1.54, 1.807) is 12.5 Å². The summed E-state index contributed by atoms with van der Waals surface area (Å²) in [6, 6.07) is 0.